The molecule has 0 saturated carbocycles. The molecular weight excluding hydrogens is 634 g/mol. The monoisotopic (exact) mass is 670 g/mol. The zero-order valence-corrected chi connectivity index (χ0v) is 27.5. The van der Waals surface area contributed by atoms with Crippen LogP contribution < -0.4 is 19.6 Å². The number of carbonyl (C=O) groups is 1. The minimum atomic E-state index is -0.705. The molecule has 10 nitrogen and oxygen atoms in total. The van der Waals surface area contributed by atoms with Gasteiger partial charge in [-0.15, -0.1) is 0 Å². The zero-order valence-electron chi connectivity index (χ0n) is 27.5. The van der Waals surface area contributed by atoms with E-state index in [0.717, 1.165) is 39.3 Å². The van der Waals surface area contributed by atoms with Crippen LogP contribution in [0.3, 0.4) is 0 Å². The third-order valence-corrected chi connectivity index (χ3v) is 8.41. The number of aromatic nitrogens is 3. The Kier molecular flexibility index (Phi) is 10.3. The van der Waals surface area contributed by atoms with Crippen LogP contribution in [-0.2, 0) is 11.2 Å². The second-order valence-corrected chi connectivity index (χ2v) is 11.8. The fraction of sp³-hybridized carbons (Fsp3) is 0.297. The molecule has 4 heterocycles. The van der Waals surface area contributed by atoms with Gasteiger partial charge in [-0.3, -0.25) is 19.5 Å². The minimum absolute atomic E-state index is 0.0751. The molecule has 1 fully saturated rings. The number of pyridine rings is 3. The number of benzene rings is 2. The fourth-order valence-corrected chi connectivity index (χ4v) is 5.82. The van der Waals surface area contributed by atoms with Gasteiger partial charge in [0.1, 0.15) is 11.3 Å². The number of ether oxygens (including phenoxy) is 4. The average molecular weight is 671 g/mol. The summed E-state index contributed by atoms with van der Waals surface area (Å²) in [5.74, 6) is -0.770. The van der Waals surface area contributed by atoms with E-state index in [4.69, 9.17) is 18.9 Å². The van der Waals surface area contributed by atoms with Crippen molar-refractivity contribution in [2.24, 2.45) is 0 Å². The summed E-state index contributed by atoms with van der Waals surface area (Å²) >= 11 is 0. The first kappa shape index (κ1) is 33.7. The molecule has 2 aromatic carbocycles. The van der Waals surface area contributed by atoms with Gasteiger partial charge in [0, 0.05) is 61.8 Å². The molecule has 49 heavy (non-hydrogen) atoms. The molecule has 12 heteroatoms. The molecule has 0 amide bonds. The molecule has 1 N–H and O–H groups in total. The van der Waals surface area contributed by atoms with Crippen molar-refractivity contribution in [1.29, 1.82) is 0 Å². The van der Waals surface area contributed by atoms with E-state index in [-0.39, 0.29) is 34.9 Å². The number of methoxy groups -OCH3 is 1. The second kappa shape index (κ2) is 14.9. The number of nitrogens with zero attached hydrogens (tertiary/aromatic N) is 3. The van der Waals surface area contributed by atoms with Crippen LogP contribution in [0, 0.1) is 25.5 Å². The molecule has 1 aliphatic heterocycles. The third kappa shape index (κ3) is 7.60. The second-order valence-electron chi connectivity index (χ2n) is 11.8. The number of ketones is 1. The Morgan fingerprint density at radius 3 is 2.59 bits per heavy atom. The lowest BCUT2D eigenvalue weighted by Gasteiger charge is -2.26. The predicted octanol–water partition coefficient (Wildman–Crippen LogP) is 6.21. The highest BCUT2D eigenvalue weighted by molar-refractivity contribution is 5.98. The number of Topliss-reactive ketones (excluding diaryl/α,β-unsaturated/α-hetero) is 1. The third-order valence-electron chi connectivity index (χ3n) is 8.41. The Hall–Kier alpha value is -5.20. The van der Waals surface area contributed by atoms with Gasteiger partial charge in [-0.05, 0) is 61.2 Å². The molecule has 254 valence electrons. The van der Waals surface area contributed by atoms with Crippen LogP contribution >= 0.6 is 0 Å². The summed E-state index contributed by atoms with van der Waals surface area (Å²) in [5.41, 5.74) is 2.55. The van der Waals surface area contributed by atoms with E-state index >= 15 is 4.39 Å². The molecule has 6 rings (SSSR count). The maximum Gasteiger partial charge on any atom is 0.257 e. The Morgan fingerprint density at radius 1 is 1.02 bits per heavy atom. The molecule has 1 saturated heterocycles. The van der Waals surface area contributed by atoms with Gasteiger partial charge in [-0.1, -0.05) is 12.1 Å². The van der Waals surface area contributed by atoms with E-state index in [2.05, 4.69) is 19.9 Å². The van der Waals surface area contributed by atoms with E-state index in [1.807, 2.05) is 0 Å². The maximum atomic E-state index is 15.4. The molecule has 0 bridgehead atoms. The summed E-state index contributed by atoms with van der Waals surface area (Å²) < 4.78 is 52.0. The lowest BCUT2D eigenvalue weighted by Crippen LogP contribution is -2.37. The number of aryl methyl sites for hydroxylation is 2. The highest BCUT2D eigenvalue weighted by atomic mass is 19.1. The molecule has 0 radical (unpaired) electrons. The number of halogens is 2. The molecule has 0 spiro atoms. The highest BCUT2D eigenvalue weighted by Crippen LogP contribution is 2.35. The Bertz CT molecular complexity index is 2060. The molecule has 0 aliphatic carbocycles. The van der Waals surface area contributed by atoms with E-state index in [0.29, 0.717) is 45.8 Å². The Morgan fingerprint density at radius 2 is 1.84 bits per heavy atom. The topological polar surface area (TPSA) is 116 Å². The molecule has 0 atom stereocenters. The molecule has 5 aromatic rings. The largest absolute Gasteiger partial charge is 0.491 e. The van der Waals surface area contributed by atoms with Crippen molar-refractivity contribution in [2.75, 3.05) is 46.6 Å². The normalized spacial score (nSPS) is 13.4. The van der Waals surface area contributed by atoms with Crippen molar-refractivity contribution in [3.05, 3.63) is 105 Å². The molecule has 1 aliphatic rings. The van der Waals surface area contributed by atoms with Gasteiger partial charge in [0.05, 0.1) is 38.0 Å². The summed E-state index contributed by atoms with van der Waals surface area (Å²) in [4.78, 5) is 41.0. The van der Waals surface area contributed by atoms with Crippen LogP contribution in [0.1, 0.15) is 33.6 Å². The van der Waals surface area contributed by atoms with Crippen molar-refractivity contribution < 1.29 is 32.5 Å². The number of morpholine rings is 1. The highest BCUT2D eigenvalue weighted by Gasteiger charge is 2.20. The summed E-state index contributed by atoms with van der Waals surface area (Å²) in [5, 5.41) is 0. The SMILES string of the molecule is COc1cc2nccc(Oc3ccc(CC(=O)c4c[nH]c(C)c(-c5ccc(F)cc5C)c4=O)cc3F)c2nc1OCCCN1CCOCC1. The standard InChI is InChI=1S/C37H36F2N4O6/c1-22-17-25(38)6-7-26(22)34-23(2)41-21-27(36(34)45)30(44)19-24-5-8-31(28(39)18-24)49-32-9-10-40-29-20-33(46-3)37(42-35(29)32)48-14-4-11-43-12-15-47-16-13-43/h5-10,17-18,20-21H,4,11-16,19H2,1-3H3,(H,41,45). The van der Waals surface area contributed by atoms with E-state index < -0.39 is 22.8 Å². The average Bonchev–Trinajstić information content (AvgIpc) is 3.09. The quantitative estimate of drug-likeness (QED) is 0.122. The number of hydrogen-bond donors (Lipinski definition) is 1. The zero-order chi connectivity index (χ0) is 34.5. The number of fused-ring (bicyclic) bond motifs is 1. The van der Waals surface area contributed by atoms with Crippen molar-refractivity contribution in [3.8, 4) is 34.3 Å². The predicted molar refractivity (Wildman–Crippen MR) is 180 cm³/mol. The van der Waals surface area contributed by atoms with Crippen LogP contribution in [0.4, 0.5) is 8.78 Å². The number of H-pyrrole nitrogens is 1. The summed E-state index contributed by atoms with van der Waals surface area (Å²) in [7, 11) is 1.52. The van der Waals surface area contributed by atoms with Gasteiger partial charge >= 0.3 is 0 Å². The minimum Gasteiger partial charge on any atom is -0.491 e. The van der Waals surface area contributed by atoms with Crippen LogP contribution in [0.25, 0.3) is 22.2 Å². The molecule has 0 unspecified atom stereocenters. The molecular formula is C37H36F2N4O6. The van der Waals surface area contributed by atoms with E-state index in [1.54, 1.807) is 32.0 Å². The first-order valence-corrected chi connectivity index (χ1v) is 16.0. The van der Waals surface area contributed by atoms with Gasteiger partial charge in [-0.2, -0.15) is 0 Å². The smallest absolute Gasteiger partial charge is 0.257 e. The van der Waals surface area contributed by atoms with Crippen LogP contribution in [0.2, 0.25) is 0 Å². The van der Waals surface area contributed by atoms with Gasteiger partial charge in [0.2, 0.25) is 0 Å². The number of hydrogen-bond acceptors (Lipinski definition) is 9. The first-order valence-electron chi connectivity index (χ1n) is 16.0. The summed E-state index contributed by atoms with van der Waals surface area (Å²) in [6, 6.07) is 11.6. The van der Waals surface area contributed by atoms with E-state index in [9.17, 15) is 14.0 Å². The fourth-order valence-electron chi connectivity index (χ4n) is 5.82. The first-order chi connectivity index (χ1) is 23.7. The molecule has 3 aromatic heterocycles. The van der Waals surface area contributed by atoms with Gasteiger partial charge in [-0.25, -0.2) is 13.8 Å². The van der Waals surface area contributed by atoms with Crippen LogP contribution in [0.5, 0.6) is 23.1 Å². The van der Waals surface area contributed by atoms with E-state index in [1.165, 1.54) is 49.8 Å². The lowest BCUT2D eigenvalue weighted by molar-refractivity contribution is 0.0357. The summed E-state index contributed by atoms with van der Waals surface area (Å²) in [6.45, 7) is 7.93. The Labute approximate surface area is 281 Å². The number of aromatic amines is 1. The van der Waals surface area contributed by atoms with Crippen LogP contribution in [-0.4, -0.2) is 72.2 Å². The van der Waals surface area contributed by atoms with Crippen molar-refractivity contribution in [3.63, 3.8) is 0 Å². The van der Waals surface area contributed by atoms with Crippen molar-refractivity contribution >= 4 is 16.8 Å². The van der Waals surface area contributed by atoms with Gasteiger partial charge < -0.3 is 23.9 Å². The summed E-state index contributed by atoms with van der Waals surface area (Å²) in [6.07, 6.45) is 3.44. The maximum absolute atomic E-state index is 15.4. The van der Waals surface area contributed by atoms with Gasteiger partial charge in [0.15, 0.2) is 34.3 Å². The number of nitrogens with one attached hydrogen (secondary N) is 1. The van der Waals surface area contributed by atoms with Crippen LogP contribution in [0.15, 0.2) is 65.7 Å². The Balaban J connectivity index is 1.18. The van der Waals surface area contributed by atoms with Gasteiger partial charge in [0.25, 0.3) is 5.88 Å². The number of carbonyl (C=O) groups excluding carboxylic acids is 1. The van der Waals surface area contributed by atoms with Crippen molar-refractivity contribution in [2.45, 2.75) is 26.7 Å². The number of rotatable bonds is 12. The lowest BCUT2D eigenvalue weighted by atomic mass is 9.95. The van der Waals surface area contributed by atoms with Crippen molar-refractivity contribution in [1.82, 2.24) is 19.9 Å².